The Bertz CT molecular complexity index is 190. The molecular weight excluding hydrogens is 178 g/mol. The molecule has 1 aliphatic rings. The van der Waals surface area contributed by atoms with Gasteiger partial charge in [-0.1, -0.05) is 6.42 Å². The molecule has 0 heterocycles. The molecule has 0 aromatic heterocycles. The van der Waals surface area contributed by atoms with Crippen LogP contribution in [0.1, 0.15) is 46.0 Å². The van der Waals surface area contributed by atoms with Gasteiger partial charge in [0.1, 0.15) is 0 Å². The van der Waals surface area contributed by atoms with Crippen LogP contribution in [0.4, 0.5) is 0 Å². The summed E-state index contributed by atoms with van der Waals surface area (Å²) in [5, 5.41) is 12.0. The van der Waals surface area contributed by atoms with E-state index in [2.05, 4.69) is 19.2 Å². The van der Waals surface area contributed by atoms with Crippen LogP contribution in [0.15, 0.2) is 0 Å². The van der Waals surface area contributed by atoms with Crippen LogP contribution in [0, 0.1) is 5.92 Å². The maximum Gasteiger partial charge on any atom is 0.303 e. The lowest BCUT2D eigenvalue weighted by Crippen LogP contribution is -2.42. The van der Waals surface area contributed by atoms with Gasteiger partial charge in [0, 0.05) is 18.5 Å². The minimum atomic E-state index is -0.699. The van der Waals surface area contributed by atoms with Crippen molar-refractivity contribution in [1.29, 1.82) is 0 Å². The van der Waals surface area contributed by atoms with E-state index in [4.69, 9.17) is 5.11 Å². The summed E-state index contributed by atoms with van der Waals surface area (Å²) in [6.07, 6.45) is 5.03. The van der Waals surface area contributed by atoms with Crippen LogP contribution in [-0.4, -0.2) is 23.2 Å². The third-order valence-electron chi connectivity index (χ3n) is 3.20. The van der Waals surface area contributed by atoms with Crippen molar-refractivity contribution in [3.8, 4) is 0 Å². The molecular formula is C11H21NO2. The zero-order chi connectivity index (χ0) is 10.6. The predicted molar refractivity (Wildman–Crippen MR) is 56.3 cm³/mol. The van der Waals surface area contributed by atoms with E-state index in [0.717, 1.165) is 12.3 Å². The van der Waals surface area contributed by atoms with Crippen molar-refractivity contribution < 1.29 is 9.90 Å². The molecule has 3 heteroatoms. The van der Waals surface area contributed by atoms with Crippen LogP contribution in [0.25, 0.3) is 0 Å². The van der Waals surface area contributed by atoms with Crippen LogP contribution in [0.5, 0.6) is 0 Å². The van der Waals surface area contributed by atoms with Gasteiger partial charge in [0.25, 0.3) is 0 Å². The monoisotopic (exact) mass is 199 g/mol. The molecule has 0 aliphatic heterocycles. The maximum absolute atomic E-state index is 10.4. The summed E-state index contributed by atoms with van der Waals surface area (Å²) in [4.78, 5) is 10.4. The Labute approximate surface area is 85.9 Å². The predicted octanol–water partition coefficient (Wildman–Crippen LogP) is 2.02. The van der Waals surface area contributed by atoms with Crippen LogP contribution in [0.3, 0.4) is 0 Å². The number of carboxylic acids is 1. The van der Waals surface area contributed by atoms with Gasteiger partial charge in [0.05, 0.1) is 0 Å². The van der Waals surface area contributed by atoms with Crippen LogP contribution < -0.4 is 5.32 Å². The fourth-order valence-electron chi connectivity index (χ4n) is 1.95. The molecule has 2 unspecified atom stereocenters. The first kappa shape index (κ1) is 11.5. The van der Waals surface area contributed by atoms with Gasteiger partial charge in [-0.25, -0.2) is 0 Å². The maximum atomic E-state index is 10.4. The minimum Gasteiger partial charge on any atom is -0.481 e. The number of carboxylic acid groups (broad SMARTS) is 1. The topological polar surface area (TPSA) is 49.3 Å². The van der Waals surface area contributed by atoms with E-state index in [0.29, 0.717) is 12.1 Å². The Morgan fingerprint density at radius 2 is 2.14 bits per heavy atom. The van der Waals surface area contributed by atoms with Gasteiger partial charge in [-0.15, -0.1) is 0 Å². The van der Waals surface area contributed by atoms with Crippen molar-refractivity contribution in [1.82, 2.24) is 5.32 Å². The van der Waals surface area contributed by atoms with Gasteiger partial charge in [-0.2, -0.15) is 0 Å². The number of hydrogen-bond acceptors (Lipinski definition) is 2. The molecule has 0 aromatic carbocycles. The molecule has 0 radical (unpaired) electrons. The Kier molecular flexibility index (Phi) is 4.39. The van der Waals surface area contributed by atoms with Crippen LogP contribution in [0.2, 0.25) is 0 Å². The van der Waals surface area contributed by atoms with E-state index in [1.807, 2.05) is 0 Å². The van der Waals surface area contributed by atoms with Crippen molar-refractivity contribution in [3.63, 3.8) is 0 Å². The molecule has 0 saturated heterocycles. The standard InChI is InChI=1S/C11H21NO2/c1-8(6-7-11(13)14)12-9(2)10-4-3-5-10/h8-10,12H,3-7H2,1-2H3,(H,13,14). The second-order valence-electron chi connectivity index (χ2n) is 4.48. The molecule has 0 spiro atoms. The van der Waals surface area contributed by atoms with Gasteiger partial charge in [-0.05, 0) is 39.0 Å². The molecule has 1 aliphatic carbocycles. The summed E-state index contributed by atoms with van der Waals surface area (Å²) >= 11 is 0. The van der Waals surface area contributed by atoms with Crippen LogP contribution in [-0.2, 0) is 4.79 Å². The highest BCUT2D eigenvalue weighted by atomic mass is 16.4. The molecule has 2 N–H and O–H groups in total. The second-order valence-corrected chi connectivity index (χ2v) is 4.48. The molecule has 3 nitrogen and oxygen atoms in total. The molecule has 82 valence electrons. The second kappa shape index (κ2) is 5.35. The van der Waals surface area contributed by atoms with Crippen LogP contribution >= 0.6 is 0 Å². The van der Waals surface area contributed by atoms with E-state index in [1.54, 1.807) is 0 Å². The smallest absolute Gasteiger partial charge is 0.303 e. The number of rotatable bonds is 6. The molecule has 1 fully saturated rings. The molecule has 14 heavy (non-hydrogen) atoms. The molecule has 1 saturated carbocycles. The van der Waals surface area contributed by atoms with E-state index in [-0.39, 0.29) is 6.42 Å². The summed E-state index contributed by atoms with van der Waals surface area (Å²) in [6.45, 7) is 4.28. The van der Waals surface area contributed by atoms with Crippen molar-refractivity contribution >= 4 is 5.97 Å². The van der Waals surface area contributed by atoms with Gasteiger partial charge in [-0.3, -0.25) is 4.79 Å². The van der Waals surface area contributed by atoms with E-state index in [1.165, 1.54) is 19.3 Å². The van der Waals surface area contributed by atoms with Crippen molar-refractivity contribution in [2.75, 3.05) is 0 Å². The molecule has 0 bridgehead atoms. The normalized spacial score (nSPS) is 21.3. The number of aliphatic carboxylic acids is 1. The summed E-state index contributed by atoms with van der Waals surface area (Å²) < 4.78 is 0. The van der Waals surface area contributed by atoms with Crippen molar-refractivity contribution in [3.05, 3.63) is 0 Å². The largest absolute Gasteiger partial charge is 0.481 e. The van der Waals surface area contributed by atoms with Crippen molar-refractivity contribution in [2.45, 2.75) is 58.0 Å². The summed E-state index contributed by atoms with van der Waals surface area (Å²) in [7, 11) is 0. The Hall–Kier alpha value is -0.570. The van der Waals surface area contributed by atoms with E-state index >= 15 is 0 Å². The lowest BCUT2D eigenvalue weighted by molar-refractivity contribution is -0.137. The molecule has 0 amide bonds. The van der Waals surface area contributed by atoms with Gasteiger partial charge >= 0.3 is 5.97 Å². The zero-order valence-corrected chi connectivity index (χ0v) is 9.12. The number of nitrogens with one attached hydrogen (secondary N) is 1. The Morgan fingerprint density at radius 1 is 1.50 bits per heavy atom. The molecule has 2 atom stereocenters. The highest BCUT2D eigenvalue weighted by Crippen LogP contribution is 2.29. The zero-order valence-electron chi connectivity index (χ0n) is 9.12. The summed E-state index contributed by atoms with van der Waals surface area (Å²) in [5.41, 5.74) is 0. The quantitative estimate of drug-likeness (QED) is 0.688. The fraction of sp³-hybridized carbons (Fsp3) is 0.909. The van der Waals surface area contributed by atoms with Gasteiger partial charge in [0.2, 0.25) is 0 Å². The average molecular weight is 199 g/mol. The van der Waals surface area contributed by atoms with Crippen molar-refractivity contribution in [2.24, 2.45) is 5.92 Å². The SMILES string of the molecule is CC(CCC(=O)O)NC(C)C1CCC1. The first-order valence-electron chi connectivity index (χ1n) is 5.57. The summed E-state index contributed by atoms with van der Waals surface area (Å²) in [6, 6.07) is 0.870. The highest BCUT2D eigenvalue weighted by Gasteiger charge is 2.24. The van der Waals surface area contributed by atoms with Gasteiger partial charge in [0.15, 0.2) is 0 Å². The first-order chi connectivity index (χ1) is 6.59. The number of carbonyl (C=O) groups is 1. The number of hydrogen-bond donors (Lipinski definition) is 2. The fourth-order valence-corrected chi connectivity index (χ4v) is 1.95. The molecule has 1 rings (SSSR count). The van der Waals surface area contributed by atoms with Gasteiger partial charge < -0.3 is 10.4 Å². The van der Waals surface area contributed by atoms with E-state index < -0.39 is 5.97 Å². The first-order valence-corrected chi connectivity index (χ1v) is 5.57. The third-order valence-corrected chi connectivity index (χ3v) is 3.20. The van der Waals surface area contributed by atoms with E-state index in [9.17, 15) is 4.79 Å². The lowest BCUT2D eigenvalue weighted by Gasteiger charge is -2.33. The third kappa shape index (κ3) is 3.66. The average Bonchev–Trinajstić information content (AvgIpc) is 1.97. The minimum absolute atomic E-state index is 0.269. The Balaban J connectivity index is 2.11. The summed E-state index contributed by atoms with van der Waals surface area (Å²) in [5.74, 6) is 0.122. The Morgan fingerprint density at radius 3 is 2.57 bits per heavy atom. The lowest BCUT2D eigenvalue weighted by atomic mass is 9.80. The highest BCUT2D eigenvalue weighted by molar-refractivity contribution is 5.66. The molecule has 0 aromatic rings.